The Morgan fingerprint density at radius 2 is 2.08 bits per heavy atom. The fourth-order valence-corrected chi connectivity index (χ4v) is 3.61. The van der Waals surface area contributed by atoms with Gasteiger partial charge < -0.3 is 15.1 Å². The van der Waals surface area contributed by atoms with Crippen molar-refractivity contribution in [3.05, 3.63) is 75.3 Å². The number of nitrogens with zero attached hydrogens (tertiary/aromatic N) is 1. The zero-order valence-electron chi connectivity index (χ0n) is 14.2. The van der Waals surface area contributed by atoms with Crippen molar-refractivity contribution in [2.24, 2.45) is 0 Å². The smallest absolute Gasteiger partial charge is 0.254 e. The molecule has 7 heteroatoms. The molecule has 1 atom stereocenters. The van der Waals surface area contributed by atoms with Crippen molar-refractivity contribution in [1.29, 1.82) is 5.26 Å². The molecule has 132 valence electrons. The summed E-state index contributed by atoms with van der Waals surface area (Å²) in [6, 6.07) is 12.6. The number of nitriles is 1. The van der Waals surface area contributed by atoms with Gasteiger partial charge in [-0.3, -0.25) is 4.79 Å². The van der Waals surface area contributed by atoms with Crippen molar-refractivity contribution in [2.45, 2.75) is 12.8 Å². The molecule has 1 aliphatic heterocycles. The van der Waals surface area contributed by atoms with Crippen LogP contribution in [0.5, 0.6) is 0 Å². The first kappa shape index (κ1) is 18.2. The Labute approximate surface area is 160 Å². The molecule has 1 amide bonds. The van der Waals surface area contributed by atoms with Gasteiger partial charge in [-0.1, -0.05) is 11.6 Å². The maximum absolute atomic E-state index is 13.0. The van der Waals surface area contributed by atoms with E-state index < -0.39 is 5.92 Å². The molecule has 0 aliphatic carbocycles. The van der Waals surface area contributed by atoms with Crippen LogP contribution in [0.15, 0.2) is 69.0 Å². The molecule has 0 fully saturated rings. The highest BCUT2D eigenvalue weighted by Crippen LogP contribution is 2.40. The Balaban J connectivity index is 2.01. The molecule has 1 aromatic carbocycles. The minimum Gasteiger partial charge on any atom is -0.468 e. The predicted molar refractivity (Wildman–Crippen MR) is 104 cm³/mol. The predicted octanol–water partition coefficient (Wildman–Crippen LogP) is 4.63. The van der Waals surface area contributed by atoms with E-state index in [2.05, 4.69) is 16.7 Å². The first-order valence-corrected chi connectivity index (χ1v) is 9.41. The highest BCUT2D eigenvalue weighted by atomic mass is 35.5. The summed E-state index contributed by atoms with van der Waals surface area (Å²) in [6.07, 6.45) is 3.42. The Morgan fingerprint density at radius 3 is 2.65 bits per heavy atom. The van der Waals surface area contributed by atoms with Crippen molar-refractivity contribution in [3.8, 4) is 6.07 Å². The number of halogens is 1. The molecular weight excluding hydrogens is 370 g/mol. The van der Waals surface area contributed by atoms with Crippen molar-refractivity contribution in [2.75, 3.05) is 11.6 Å². The number of dihydropyridines is 1. The van der Waals surface area contributed by atoms with Gasteiger partial charge >= 0.3 is 0 Å². The molecule has 0 bridgehead atoms. The van der Waals surface area contributed by atoms with Crippen LogP contribution < -0.4 is 10.6 Å². The normalized spacial score (nSPS) is 16.9. The molecule has 2 N–H and O–H groups in total. The number of nitrogens with one attached hydrogen (secondary N) is 2. The van der Waals surface area contributed by atoms with E-state index >= 15 is 0 Å². The molecule has 5 nitrogen and oxygen atoms in total. The second kappa shape index (κ2) is 7.73. The standard InChI is InChI=1S/C19H16ClN3O2S/c1-11-16(18(24)23-13-7-5-12(20)6-8-13)17(15-4-3-9-25-15)14(10-21)19(22-11)26-2/h3-9,17,22H,1-2H3,(H,23,24). The fraction of sp³-hybridized carbons (Fsp3) is 0.158. The topological polar surface area (TPSA) is 78.1 Å². The highest BCUT2D eigenvalue weighted by Gasteiger charge is 2.36. The molecule has 1 unspecified atom stereocenters. The van der Waals surface area contributed by atoms with E-state index in [1.165, 1.54) is 18.0 Å². The van der Waals surface area contributed by atoms with Gasteiger partial charge in [-0.2, -0.15) is 5.26 Å². The van der Waals surface area contributed by atoms with E-state index in [-0.39, 0.29) is 5.91 Å². The lowest BCUT2D eigenvalue weighted by molar-refractivity contribution is -0.113. The van der Waals surface area contributed by atoms with Gasteiger partial charge in [0.15, 0.2) is 0 Å². The molecule has 26 heavy (non-hydrogen) atoms. The van der Waals surface area contributed by atoms with Crippen LogP contribution in [-0.2, 0) is 4.79 Å². The summed E-state index contributed by atoms with van der Waals surface area (Å²) >= 11 is 7.32. The maximum atomic E-state index is 13.0. The van der Waals surface area contributed by atoms with Crippen LogP contribution in [-0.4, -0.2) is 12.2 Å². The zero-order chi connectivity index (χ0) is 18.7. The number of carbonyl (C=O) groups excluding carboxylic acids is 1. The second-order valence-electron chi connectivity index (χ2n) is 5.63. The highest BCUT2D eigenvalue weighted by molar-refractivity contribution is 8.02. The lowest BCUT2D eigenvalue weighted by Crippen LogP contribution is -2.30. The molecule has 2 aromatic rings. The third-order valence-electron chi connectivity index (χ3n) is 4.03. The number of allylic oxidation sites excluding steroid dienone is 2. The van der Waals surface area contributed by atoms with Crippen molar-refractivity contribution >= 4 is 35.0 Å². The van der Waals surface area contributed by atoms with E-state index in [4.69, 9.17) is 16.0 Å². The summed E-state index contributed by atoms with van der Waals surface area (Å²) in [5.41, 5.74) is 2.21. The number of hydrogen-bond donors (Lipinski definition) is 2. The van der Waals surface area contributed by atoms with Gasteiger partial charge in [0.05, 0.1) is 34.4 Å². The molecular formula is C19H16ClN3O2S. The number of benzene rings is 1. The van der Waals surface area contributed by atoms with Crippen LogP contribution in [0.3, 0.4) is 0 Å². The maximum Gasteiger partial charge on any atom is 0.254 e. The molecule has 1 aromatic heterocycles. The van der Waals surface area contributed by atoms with Crippen molar-refractivity contribution < 1.29 is 9.21 Å². The van der Waals surface area contributed by atoms with Gasteiger partial charge in [0, 0.05) is 16.4 Å². The number of carbonyl (C=O) groups is 1. The summed E-state index contributed by atoms with van der Waals surface area (Å²) in [7, 11) is 0. The fourth-order valence-electron chi connectivity index (χ4n) is 2.85. The van der Waals surface area contributed by atoms with Gasteiger partial charge in [0.2, 0.25) is 0 Å². The van der Waals surface area contributed by atoms with Crippen LogP contribution in [0.25, 0.3) is 0 Å². The third kappa shape index (κ3) is 3.50. The van der Waals surface area contributed by atoms with Crippen LogP contribution >= 0.6 is 23.4 Å². The number of amides is 1. The molecule has 0 saturated carbocycles. The van der Waals surface area contributed by atoms with Gasteiger partial charge in [-0.15, -0.1) is 11.8 Å². The van der Waals surface area contributed by atoms with Gasteiger partial charge in [-0.05, 0) is 49.6 Å². The van der Waals surface area contributed by atoms with Crippen LogP contribution in [0.2, 0.25) is 5.02 Å². The van der Waals surface area contributed by atoms with Crippen molar-refractivity contribution in [1.82, 2.24) is 5.32 Å². The Bertz CT molecular complexity index is 925. The summed E-state index contributed by atoms with van der Waals surface area (Å²) < 4.78 is 5.54. The molecule has 1 aliphatic rings. The first-order valence-electron chi connectivity index (χ1n) is 7.81. The number of thioether (sulfide) groups is 1. The van der Waals surface area contributed by atoms with E-state index in [0.717, 1.165) is 5.03 Å². The van der Waals surface area contributed by atoms with E-state index in [0.29, 0.717) is 33.3 Å². The minimum absolute atomic E-state index is 0.299. The Hall–Kier alpha value is -2.62. The van der Waals surface area contributed by atoms with E-state index in [1.807, 2.05) is 13.2 Å². The monoisotopic (exact) mass is 385 g/mol. The average molecular weight is 386 g/mol. The first-order chi connectivity index (χ1) is 12.5. The van der Waals surface area contributed by atoms with E-state index in [1.54, 1.807) is 36.4 Å². The average Bonchev–Trinajstić information content (AvgIpc) is 3.16. The molecule has 0 spiro atoms. The quantitative estimate of drug-likeness (QED) is 0.802. The number of hydrogen-bond acceptors (Lipinski definition) is 5. The lowest BCUT2D eigenvalue weighted by Gasteiger charge is -2.28. The van der Waals surface area contributed by atoms with Crippen LogP contribution in [0.4, 0.5) is 5.69 Å². The SMILES string of the molecule is CSC1=C(C#N)C(c2ccco2)C(C(=O)Nc2ccc(Cl)cc2)=C(C)N1. The van der Waals surface area contributed by atoms with Gasteiger partial charge in [-0.25, -0.2) is 0 Å². The summed E-state index contributed by atoms with van der Waals surface area (Å²) in [5.74, 6) is -0.312. The summed E-state index contributed by atoms with van der Waals surface area (Å²) in [5, 5.41) is 17.0. The Morgan fingerprint density at radius 1 is 1.35 bits per heavy atom. The number of anilines is 1. The van der Waals surface area contributed by atoms with Crippen LogP contribution in [0.1, 0.15) is 18.6 Å². The summed E-state index contributed by atoms with van der Waals surface area (Å²) in [6.45, 7) is 1.82. The van der Waals surface area contributed by atoms with Gasteiger partial charge in [0.1, 0.15) is 5.76 Å². The molecule has 2 heterocycles. The molecule has 0 radical (unpaired) electrons. The van der Waals surface area contributed by atoms with E-state index in [9.17, 15) is 10.1 Å². The minimum atomic E-state index is -0.564. The Kier molecular flexibility index (Phi) is 5.40. The van der Waals surface area contributed by atoms with Gasteiger partial charge in [0.25, 0.3) is 5.91 Å². The second-order valence-corrected chi connectivity index (χ2v) is 6.88. The van der Waals surface area contributed by atoms with Crippen LogP contribution in [0, 0.1) is 11.3 Å². The number of furan rings is 1. The largest absolute Gasteiger partial charge is 0.468 e. The third-order valence-corrected chi connectivity index (χ3v) is 5.01. The molecule has 0 saturated heterocycles. The zero-order valence-corrected chi connectivity index (χ0v) is 15.7. The summed E-state index contributed by atoms with van der Waals surface area (Å²) in [4.78, 5) is 13.0. The lowest BCUT2D eigenvalue weighted by atomic mass is 9.85. The molecule has 3 rings (SSSR count). The number of rotatable bonds is 4. The van der Waals surface area contributed by atoms with Crippen molar-refractivity contribution in [3.63, 3.8) is 0 Å².